The number of imidazole rings is 1. The minimum absolute atomic E-state index is 0. The van der Waals surface area contributed by atoms with Crippen LogP contribution in [-0.4, -0.2) is 29.0 Å². The van der Waals surface area contributed by atoms with Gasteiger partial charge in [-0.05, 0) is 5.56 Å². The first-order valence-electron chi connectivity index (χ1n) is 19.6. The molecular weight excluding hydrogens is 981 g/mol. The van der Waals surface area contributed by atoms with Crippen molar-refractivity contribution in [2.45, 2.75) is 0 Å². The fourth-order valence-electron chi connectivity index (χ4n) is 8.01. The number of aromatic nitrogens is 3. The fraction of sp³-hybridized carbons (Fsp3) is 0. The molecule has 0 aliphatic rings. The number of hydrogen-bond donors (Lipinski definition) is 0. The second-order valence-electron chi connectivity index (χ2n) is 14.4. The van der Waals surface area contributed by atoms with Crippen molar-refractivity contribution in [2.75, 3.05) is 0 Å². The van der Waals surface area contributed by atoms with Gasteiger partial charge in [-0.3, -0.25) is 0 Å². The molecule has 0 spiro atoms. The normalized spacial score (nSPS) is 11.2. The first-order chi connectivity index (χ1) is 29.2. The van der Waals surface area contributed by atoms with Crippen molar-refractivity contribution in [1.29, 1.82) is 0 Å². The van der Waals surface area contributed by atoms with Gasteiger partial charge in [-0.25, -0.2) is 0 Å². The van der Waals surface area contributed by atoms with Crippen molar-refractivity contribution in [1.82, 2.24) is 14.5 Å². The molecule has 286 valence electrons. The van der Waals surface area contributed by atoms with Gasteiger partial charge < -0.3 is 0 Å². The Bertz CT molecular complexity index is 3310. The van der Waals surface area contributed by atoms with Crippen molar-refractivity contribution >= 4 is 44.8 Å². The molecule has 11 rings (SSSR count). The van der Waals surface area contributed by atoms with Crippen LogP contribution in [0.15, 0.2) is 200 Å². The zero-order chi connectivity index (χ0) is 39.1. The van der Waals surface area contributed by atoms with Crippen LogP contribution in [0.4, 0.5) is 0 Å². The molecule has 0 saturated heterocycles. The first kappa shape index (κ1) is 37.6. The van der Waals surface area contributed by atoms with Crippen molar-refractivity contribution < 1.29 is 25.8 Å². The summed E-state index contributed by atoms with van der Waals surface area (Å²) in [5.74, 6) is 1.97. The Morgan fingerprint density at radius 3 is 1.97 bits per heavy atom. The third-order valence-electron chi connectivity index (χ3n) is 10.7. The summed E-state index contributed by atoms with van der Waals surface area (Å²) in [5, 5.41) is 2.38. The topological polar surface area (TPSA) is 39.9 Å². The van der Waals surface area contributed by atoms with Gasteiger partial charge in [0.2, 0.25) is 0 Å². The number of fused-ring (bicyclic) bond motifs is 4. The van der Waals surface area contributed by atoms with Gasteiger partial charge in [0.1, 0.15) is 0 Å². The fourth-order valence-corrected chi connectivity index (χ4v) is 10.8. The van der Waals surface area contributed by atoms with Crippen LogP contribution in [0.3, 0.4) is 0 Å². The molecule has 0 aliphatic carbocycles. The van der Waals surface area contributed by atoms with Gasteiger partial charge in [0.25, 0.3) is 0 Å². The van der Waals surface area contributed by atoms with E-state index in [-0.39, 0.29) is 35.6 Å². The molecule has 3 aromatic heterocycles. The molecule has 8 aromatic carbocycles. The molecule has 0 unspecified atom stereocenters. The van der Waals surface area contributed by atoms with Crippen LogP contribution in [0.2, 0.25) is 0 Å². The number of ether oxygens (including phenoxy) is 1. The summed E-state index contributed by atoms with van der Waals surface area (Å²) in [7, 11) is 0. The van der Waals surface area contributed by atoms with Gasteiger partial charge in [0.05, 0.1) is 0 Å². The maximum atomic E-state index is 6.82. The second kappa shape index (κ2) is 16.2. The number of benzene rings is 8. The van der Waals surface area contributed by atoms with E-state index in [2.05, 4.69) is 180 Å². The predicted octanol–water partition coefficient (Wildman–Crippen LogP) is 13.5. The Kier molecular flexibility index (Phi) is 10.2. The third-order valence-corrected chi connectivity index (χ3v) is 13.4. The summed E-state index contributed by atoms with van der Waals surface area (Å²) in [6.07, 6.45) is 1.90. The van der Waals surface area contributed by atoms with Gasteiger partial charge in [-0.1, -0.05) is 60.7 Å². The first-order valence-corrected chi connectivity index (χ1v) is 21.3. The Morgan fingerprint density at radius 1 is 0.500 bits per heavy atom. The van der Waals surface area contributed by atoms with Gasteiger partial charge in [-0.15, -0.1) is 0 Å². The monoisotopic (exact) mass is 1010 g/mol. The minimum atomic E-state index is 0. The van der Waals surface area contributed by atoms with E-state index in [1.54, 1.807) is 0 Å². The van der Waals surface area contributed by atoms with Crippen molar-refractivity contribution in [3.8, 4) is 73.2 Å². The predicted molar refractivity (Wildman–Crippen MR) is 242 cm³/mol. The number of pyridine rings is 1. The van der Waals surface area contributed by atoms with E-state index < -0.39 is 0 Å². The van der Waals surface area contributed by atoms with E-state index in [4.69, 9.17) is 14.7 Å². The molecule has 0 N–H and O–H groups in total. The van der Waals surface area contributed by atoms with Gasteiger partial charge >= 0.3 is 305 Å². The molecule has 0 amide bonds. The van der Waals surface area contributed by atoms with Gasteiger partial charge in [0, 0.05) is 0 Å². The number of rotatable bonds is 8. The SMILES string of the molecule is [Pt+2].[c-]1c(Oc2[c-]c(-c3cc(-c4ccccc4)ccn3)c3[se]c4c(-c5ccccc5)cccc4c3c2)cccc1-c1nc2ccccc2n1-c1ccccc1-c1ccccc1. The second-order valence-corrected chi connectivity index (χ2v) is 16.5. The molecule has 0 bridgehead atoms. The Labute approximate surface area is 368 Å². The zero-order valence-electron chi connectivity index (χ0n) is 32.0. The molecule has 0 radical (unpaired) electrons. The molecule has 0 atom stereocenters. The summed E-state index contributed by atoms with van der Waals surface area (Å²) in [4.78, 5) is 10.1. The summed E-state index contributed by atoms with van der Waals surface area (Å²) in [6, 6.07) is 74.8. The molecule has 60 heavy (non-hydrogen) atoms. The number of nitrogens with zero attached hydrogens (tertiary/aromatic N) is 3. The van der Waals surface area contributed by atoms with Crippen molar-refractivity contribution in [3.63, 3.8) is 0 Å². The summed E-state index contributed by atoms with van der Waals surface area (Å²) in [5.41, 5.74) is 12.6. The summed E-state index contributed by atoms with van der Waals surface area (Å²) in [6.45, 7) is 0. The van der Waals surface area contributed by atoms with Crippen LogP contribution in [0.1, 0.15) is 0 Å². The van der Waals surface area contributed by atoms with E-state index in [0.29, 0.717) is 11.5 Å². The summed E-state index contributed by atoms with van der Waals surface area (Å²) < 4.78 is 11.7. The summed E-state index contributed by atoms with van der Waals surface area (Å²) >= 11 is 0.00701. The molecule has 0 fully saturated rings. The van der Waals surface area contributed by atoms with Crippen LogP contribution in [-0.2, 0) is 21.1 Å². The van der Waals surface area contributed by atoms with E-state index in [1.165, 1.54) is 25.0 Å². The average molecular weight is 1010 g/mol. The van der Waals surface area contributed by atoms with Gasteiger partial charge in [0.15, 0.2) is 0 Å². The third kappa shape index (κ3) is 6.91. The molecule has 0 saturated carbocycles. The van der Waals surface area contributed by atoms with Crippen LogP contribution >= 0.6 is 0 Å². The minimum Gasteiger partial charge on any atom is -0.0622 e. The van der Waals surface area contributed by atoms with E-state index in [9.17, 15) is 0 Å². The Hall–Kier alpha value is -6.61. The molecule has 3 heterocycles. The van der Waals surface area contributed by atoms with Crippen LogP contribution < -0.4 is 4.74 Å². The Morgan fingerprint density at radius 2 is 1.17 bits per heavy atom. The molecule has 11 aromatic rings. The smallest absolute Gasteiger partial charge is 0.0622 e. The Balaban J connectivity index is 0.00000433. The van der Waals surface area contributed by atoms with Crippen LogP contribution in [0.5, 0.6) is 11.5 Å². The standard InChI is InChI=1S/C54H33N3OSe.Pt/c1-4-16-36(17-5-1)39-30-31-55-49(33-39)47-35-42(34-46-45-26-15-25-44(52(45)59-53(46)47)38-20-8-3-9-21-38)58-41-23-14-22-40(32-41)54-56-48-27-11-13-29-51(48)57(54)50-28-12-10-24-43(50)37-18-6-2-7-19-37;/h1-31,33-34H;/q-2;+2. The quantitative estimate of drug-likeness (QED) is 0.112. The van der Waals surface area contributed by atoms with Crippen molar-refractivity contribution in [2.24, 2.45) is 0 Å². The molecule has 6 heteroatoms. The maximum absolute atomic E-state index is 6.82. The van der Waals surface area contributed by atoms with E-state index >= 15 is 0 Å². The van der Waals surface area contributed by atoms with Crippen molar-refractivity contribution in [3.05, 3.63) is 212 Å². The number of hydrogen-bond acceptors (Lipinski definition) is 3. The van der Waals surface area contributed by atoms with Crippen LogP contribution in [0, 0.1) is 12.1 Å². The molecule has 0 aliphatic heterocycles. The van der Waals surface area contributed by atoms with Crippen LogP contribution in [0.25, 0.3) is 92.0 Å². The average Bonchev–Trinajstić information content (AvgIpc) is 3.89. The number of para-hydroxylation sites is 3. The van der Waals surface area contributed by atoms with E-state index in [1.807, 2.05) is 36.5 Å². The molecular formula is C54H33N3OPtSe. The van der Waals surface area contributed by atoms with E-state index in [0.717, 1.165) is 67.0 Å². The zero-order valence-corrected chi connectivity index (χ0v) is 36.0. The van der Waals surface area contributed by atoms with Gasteiger partial charge in [-0.2, -0.15) is 0 Å². The molecule has 4 nitrogen and oxygen atoms in total.